The fourth-order valence-corrected chi connectivity index (χ4v) is 4.31. The molecule has 1 atom stereocenters. The van der Waals surface area contributed by atoms with Crippen molar-refractivity contribution in [3.63, 3.8) is 0 Å². The fraction of sp³-hybridized carbons (Fsp3) is 0.381. The van der Waals surface area contributed by atoms with Gasteiger partial charge in [0, 0.05) is 5.69 Å². The zero-order valence-corrected chi connectivity index (χ0v) is 17.4. The minimum atomic E-state index is -3.63. The summed E-state index contributed by atoms with van der Waals surface area (Å²) in [6, 6.07) is 12.2. The lowest BCUT2D eigenvalue weighted by molar-refractivity contribution is -0.116. The summed E-state index contributed by atoms with van der Waals surface area (Å²) in [5.74, 6) is -0.350. The van der Waals surface area contributed by atoms with Gasteiger partial charge in [-0.2, -0.15) is 0 Å². The number of aryl methyl sites for hydroxylation is 3. The minimum absolute atomic E-state index is 0.350. The van der Waals surface area contributed by atoms with Gasteiger partial charge in [-0.25, -0.2) is 8.42 Å². The Hall–Kier alpha value is -2.34. The first kappa shape index (κ1) is 21.0. The number of rotatable bonds is 7. The van der Waals surface area contributed by atoms with E-state index in [1.807, 2.05) is 51.1 Å². The maximum Gasteiger partial charge on any atom is 0.248 e. The number of amides is 1. The van der Waals surface area contributed by atoms with E-state index in [4.69, 9.17) is 0 Å². The van der Waals surface area contributed by atoms with Crippen molar-refractivity contribution in [1.82, 2.24) is 0 Å². The van der Waals surface area contributed by atoms with Crippen molar-refractivity contribution in [2.75, 3.05) is 15.9 Å². The average molecular weight is 389 g/mol. The molecule has 0 aromatic heterocycles. The second-order valence-corrected chi connectivity index (χ2v) is 8.58. The van der Waals surface area contributed by atoms with Crippen LogP contribution in [0, 0.1) is 6.92 Å². The van der Waals surface area contributed by atoms with Crippen LogP contribution < -0.4 is 9.62 Å². The molecule has 0 unspecified atom stereocenters. The predicted octanol–water partition coefficient (Wildman–Crippen LogP) is 3.91. The zero-order chi connectivity index (χ0) is 20.2. The molecule has 0 saturated heterocycles. The molecule has 2 aromatic carbocycles. The van der Waals surface area contributed by atoms with E-state index < -0.39 is 16.1 Å². The number of hydrogen-bond acceptors (Lipinski definition) is 3. The maximum atomic E-state index is 13.0. The maximum absolute atomic E-state index is 13.0. The monoisotopic (exact) mass is 388 g/mol. The molecule has 1 N–H and O–H groups in total. The molecule has 0 aliphatic heterocycles. The normalized spacial score (nSPS) is 12.5. The van der Waals surface area contributed by atoms with Crippen LogP contribution in [0.5, 0.6) is 0 Å². The largest absolute Gasteiger partial charge is 0.324 e. The zero-order valence-electron chi connectivity index (χ0n) is 16.6. The van der Waals surface area contributed by atoms with E-state index in [1.54, 1.807) is 19.1 Å². The highest BCUT2D eigenvalue weighted by molar-refractivity contribution is 7.92. The van der Waals surface area contributed by atoms with Gasteiger partial charge in [-0.1, -0.05) is 49.7 Å². The summed E-state index contributed by atoms with van der Waals surface area (Å²) >= 11 is 0. The summed E-state index contributed by atoms with van der Waals surface area (Å²) in [5.41, 5.74) is 4.36. The van der Waals surface area contributed by atoms with Gasteiger partial charge >= 0.3 is 0 Å². The van der Waals surface area contributed by atoms with Crippen molar-refractivity contribution in [1.29, 1.82) is 0 Å². The Morgan fingerprint density at radius 2 is 1.56 bits per heavy atom. The Bertz CT molecular complexity index is 883. The molecular weight excluding hydrogens is 360 g/mol. The third-order valence-corrected chi connectivity index (χ3v) is 5.87. The first-order chi connectivity index (χ1) is 12.7. The van der Waals surface area contributed by atoms with E-state index in [1.165, 1.54) is 4.31 Å². The van der Waals surface area contributed by atoms with Crippen LogP contribution in [0.2, 0.25) is 0 Å². The van der Waals surface area contributed by atoms with E-state index in [0.717, 1.165) is 41.5 Å². The average Bonchev–Trinajstić information content (AvgIpc) is 2.62. The molecule has 0 fully saturated rings. The van der Waals surface area contributed by atoms with E-state index in [9.17, 15) is 13.2 Å². The van der Waals surface area contributed by atoms with E-state index in [2.05, 4.69) is 5.32 Å². The second kappa shape index (κ2) is 8.57. The van der Waals surface area contributed by atoms with Crippen molar-refractivity contribution in [3.05, 3.63) is 59.2 Å². The number of carbonyl (C=O) groups excluding carboxylic acids is 1. The lowest BCUT2D eigenvalue weighted by Gasteiger charge is -2.29. The number of benzene rings is 2. The van der Waals surface area contributed by atoms with Gasteiger partial charge in [0.1, 0.15) is 6.04 Å². The fourth-order valence-electron chi connectivity index (χ4n) is 3.13. The number of hydrogen-bond donors (Lipinski definition) is 1. The molecular formula is C21H28N2O3S. The molecule has 2 aromatic rings. The highest BCUT2D eigenvalue weighted by Gasteiger charge is 2.29. The van der Waals surface area contributed by atoms with E-state index in [-0.39, 0.29) is 5.91 Å². The SMILES string of the molecule is CCc1cccc(CC)c1NC(=O)[C@@H](C)N(c1ccc(C)cc1)S(C)(=O)=O. The highest BCUT2D eigenvalue weighted by Crippen LogP contribution is 2.25. The van der Waals surface area contributed by atoms with Gasteiger partial charge in [0.05, 0.1) is 11.9 Å². The number of carbonyl (C=O) groups is 1. The third kappa shape index (κ3) is 4.89. The van der Waals surface area contributed by atoms with Crippen LogP contribution in [-0.4, -0.2) is 26.6 Å². The van der Waals surface area contributed by atoms with Crippen LogP contribution in [0.4, 0.5) is 11.4 Å². The van der Waals surface area contributed by atoms with Gasteiger partial charge in [0.25, 0.3) is 0 Å². The van der Waals surface area contributed by atoms with Crippen LogP contribution in [-0.2, 0) is 27.7 Å². The second-order valence-electron chi connectivity index (χ2n) is 6.72. The molecule has 146 valence electrons. The number of sulfonamides is 1. The predicted molar refractivity (Wildman–Crippen MR) is 112 cm³/mol. The van der Waals surface area contributed by atoms with Crippen LogP contribution in [0.1, 0.15) is 37.5 Å². The number of para-hydroxylation sites is 1. The number of anilines is 2. The summed E-state index contributed by atoms with van der Waals surface area (Å²) in [6.07, 6.45) is 2.69. The third-order valence-electron chi connectivity index (χ3n) is 4.62. The Labute approximate surface area is 162 Å². The molecule has 0 heterocycles. The minimum Gasteiger partial charge on any atom is -0.324 e. The molecule has 5 nitrogen and oxygen atoms in total. The van der Waals surface area contributed by atoms with Crippen molar-refractivity contribution < 1.29 is 13.2 Å². The molecule has 0 bridgehead atoms. The topological polar surface area (TPSA) is 66.5 Å². The lowest BCUT2D eigenvalue weighted by Crippen LogP contribution is -2.45. The van der Waals surface area contributed by atoms with Crippen molar-refractivity contribution >= 4 is 27.3 Å². The van der Waals surface area contributed by atoms with Gasteiger partial charge in [-0.15, -0.1) is 0 Å². The molecule has 0 radical (unpaired) electrons. The Kier molecular flexibility index (Phi) is 6.65. The van der Waals surface area contributed by atoms with Crippen molar-refractivity contribution in [2.24, 2.45) is 0 Å². The van der Waals surface area contributed by atoms with Crippen LogP contribution >= 0.6 is 0 Å². The summed E-state index contributed by atoms with van der Waals surface area (Å²) in [5, 5.41) is 2.97. The summed E-state index contributed by atoms with van der Waals surface area (Å²) in [6.45, 7) is 7.60. The van der Waals surface area contributed by atoms with Gasteiger partial charge in [-0.05, 0) is 49.9 Å². The molecule has 0 spiro atoms. The van der Waals surface area contributed by atoms with Crippen LogP contribution in [0.3, 0.4) is 0 Å². The van der Waals surface area contributed by atoms with E-state index >= 15 is 0 Å². The molecule has 2 rings (SSSR count). The highest BCUT2D eigenvalue weighted by atomic mass is 32.2. The quantitative estimate of drug-likeness (QED) is 0.782. The number of nitrogens with zero attached hydrogens (tertiary/aromatic N) is 1. The lowest BCUT2D eigenvalue weighted by atomic mass is 10.0. The first-order valence-corrected chi connectivity index (χ1v) is 11.0. The molecule has 27 heavy (non-hydrogen) atoms. The van der Waals surface area contributed by atoms with Crippen LogP contribution in [0.25, 0.3) is 0 Å². The molecule has 1 amide bonds. The molecule has 6 heteroatoms. The molecule has 0 saturated carbocycles. The molecule has 0 aliphatic rings. The van der Waals surface area contributed by atoms with Gasteiger partial charge in [0.2, 0.25) is 15.9 Å². The standard InChI is InChI=1S/C21H28N2O3S/c1-6-17-9-8-10-18(7-2)20(17)22-21(24)16(4)23(27(5,25)26)19-13-11-15(3)12-14-19/h8-14,16H,6-7H2,1-5H3,(H,22,24)/t16-/m1/s1. The van der Waals surface area contributed by atoms with E-state index in [0.29, 0.717) is 5.69 Å². The van der Waals surface area contributed by atoms with Gasteiger partial charge in [-0.3, -0.25) is 9.10 Å². The van der Waals surface area contributed by atoms with Crippen molar-refractivity contribution in [3.8, 4) is 0 Å². The molecule has 0 aliphatic carbocycles. The van der Waals surface area contributed by atoms with Gasteiger partial charge in [0.15, 0.2) is 0 Å². The summed E-state index contributed by atoms with van der Waals surface area (Å²) in [7, 11) is -3.63. The van der Waals surface area contributed by atoms with Gasteiger partial charge < -0.3 is 5.32 Å². The Balaban J connectivity index is 2.38. The van der Waals surface area contributed by atoms with Crippen molar-refractivity contribution in [2.45, 2.75) is 46.6 Å². The summed E-state index contributed by atoms with van der Waals surface area (Å²) < 4.78 is 26.0. The smallest absolute Gasteiger partial charge is 0.248 e. The summed E-state index contributed by atoms with van der Waals surface area (Å²) in [4.78, 5) is 13.0. The Morgan fingerprint density at radius 1 is 1.04 bits per heavy atom. The Morgan fingerprint density at radius 3 is 2.00 bits per heavy atom. The first-order valence-electron chi connectivity index (χ1n) is 9.16. The van der Waals surface area contributed by atoms with Crippen LogP contribution in [0.15, 0.2) is 42.5 Å². The number of nitrogens with one attached hydrogen (secondary N) is 1.